The average molecular weight is 371 g/mol. The fourth-order valence-corrected chi connectivity index (χ4v) is 2.10. The molecule has 100 valence electrons. The molecule has 1 aromatic carbocycles. The first kappa shape index (κ1) is 13.9. The van der Waals surface area contributed by atoms with Crippen LogP contribution < -0.4 is 16.0 Å². The van der Waals surface area contributed by atoms with Crippen molar-refractivity contribution >= 4 is 28.3 Å². The Morgan fingerprint density at radius 3 is 2.89 bits per heavy atom. The van der Waals surface area contributed by atoms with E-state index in [1.807, 2.05) is 34.7 Å². The van der Waals surface area contributed by atoms with Crippen LogP contribution in [0.25, 0.3) is 0 Å². The van der Waals surface area contributed by atoms with Crippen LogP contribution in [-0.4, -0.2) is 16.2 Å². The Labute approximate surface area is 124 Å². The van der Waals surface area contributed by atoms with Gasteiger partial charge >= 0.3 is 0 Å². The van der Waals surface area contributed by atoms with E-state index in [2.05, 4.69) is 4.98 Å². The van der Waals surface area contributed by atoms with Gasteiger partial charge in [-0.2, -0.15) is 0 Å². The lowest BCUT2D eigenvalue weighted by atomic mass is 10.3. The molecule has 0 atom stereocenters. The van der Waals surface area contributed by atoms with Gasteiger partial charge in [0.2, 0.25) is 0 Å². The minimum Gasteiger partial charge on any atom is -0.490 e. The van der Waals surface area contributed by atoms with Crippen molar-refractivity contribution in [2.45, 2.75) is 13.5 Å². The van der Waals surface area contributed by atoms with E-state index >= 15 is 0 Å². The largest absolute Gasteiger partial charge is 0.490 e. The molecular weight excluding hydrogens is 357 g/mol. The van der Waals surface area contributed by atoms with Gasteiger partial charge in [0.05, 0.1) is 15.8 Å². The highest BCUT2D eigenvalue weighted by atomic mass is 127. The molecule has 0 saturated carbocycles. The van der Waals surface area contributed by atoms with Crippen molar-refractivity contribution in [3.63, 3.8) is 0 Å². The third-order valence-electron chi connectivity index (χ3n) is 2.70. The summed E-state index contributed by atoms with van der Waals surface area (Å²) in [5.74, 6) is 1.31. The normalized spacial score (nSPS) is 10.4. The standard InChI is InChI=1S/C13H14IN3O2/c1-9-16-8-10(14)13(18)17(9)6-7-19-12-5-3-2-4-11(12)15/h2-5,8H,6-7,15H2,1H3. The number of aromatic nitrogens is 2. The number of nitrogens with zero attached hydrogens (tertiary/aromatic N) is 2. The maximum Gasteiger partial charge on any atom is 0.267 e. The van der Waals surface area contributed by atoms with Crippen molar-refractivity contribution in [3.8, 4) is 5.75 Å². The Hall–Kier alpha value is -1.57. The highest BCUT2D eigenvalue weighted by molar-refractivity contribution is 14.1. The maximum atomic E-state index is 11.9. The molecule has 0 unspecified atom stereocenters. The highest BCUT2D eigenvalue weighted by Gasteiger charge is 2.06. The van der Waals surface area contributed by atoms with Crippen LogP contribution in [0, 0.1) is 10.5 Å². The smallest absolute Gasteiger partial charge is 0.267 e. The summed E-state index contributed by atoms with van der Waals surface area (Å²) in [6, 6.07) is 7.29. The molecule has 5 nitrogen and oxygen atoms in total. The van der Waals surface area contributed by atoms with Crippen molar-refractivity contribution in [2.75, 3.05) is 12.3 Å². The van der Waals surface area contributed by atoms with E-state index in [1.54, 1.807) is 29.8 Å². The maximum absolute atomic E-state index is 11.9. The van der Waals surface area contributed by atoms with Crippen LogP contribution in [-0.2, 0) is 6.54 Å². The summed E-state index contributed by atoms with van der Waals surface area (Å²) in [6.45, 7) is 2.62. The lowest BCUT2D eigenvalue weighted by molar-refractivity contribution is 0.295. The van der Waals surface area contributed by atoms with Gasteiger partial charge in [-0.25, -0.2) is 4.98 Å². The first-order chi connectivity index (χ1) is 9.09. The number of nitrogens with two attached hydrogens (primary N) is 1. The van der Waals surface area contributed by atoms with Gasteiger partial charge in [-0.1, -0.05) is 12.1 Å². The monoisotopic (exact) mass is 371 g/mol. The van der Waals surface area contributed by atoms with Gasteiger partial charge in [0, 0.05) is 6.20 Å². The zero-order chi connectivity index (χ0) is 13.8. The minimum absolute atomic E-state index is 0.0438. The van der Waals surface area contributed by atoms with E-state index in [9.17, 15) is 4.79 Å². The number of benzene rings is 1. The van der Waals surface area contributed by atoms with Gasteiger partial charge in [0.15, 0.2) is 0 Å². The summed E-state index contributed by atoms with van der Waals surface area (Å²) >= 11 is 1.98. The summed E-state index contributed by atoms with van der Waals surface area (Å²) in [7, 11) is 0. The second kappa shape index (κ2) is 6.05. The van der Waals surface area contributed by atoms with Crippen LogP contribution in [0.1, 0.15) is 5.82 Å². The zero-order valence-electron chi connectivity index (χ0n) is 10.5. The number of aryl methyl sites for hydroxylation is 1. The van der Waals surface area contributed by atoms with Crippen LogP contribution in [0.3, 0.4) is 0 Å². The lowest BCUT2D eigenvalue weighted by Crippen LogP contribution is -2.28. The van der Waals surface area contributed by atoms with E-state index in [4.69, 9.17) is 10.5 Å². The number of para-hydroxylation sites is 2. The van der Waals surface area contributed by atoms with Crippen LogP contribution in [0.4, 0.5) is 5.69 Å². The van der Waals surface area contributed by atoms with Crippen LogP contribution >= 0.6 is 22.6 Å². The summed E-state index contributed by atoms with van der Waals surface area (Å²) in [4.78, 5) is 16.1. The fraction of sp³-hybridized carbons (Fsp3) is 0.231. The van der Waals surface area contributed by atoms with Gasteiger partial charge in [-0.15, -0.1) is 0 Å². The van der Waals surface area contributed by atoms with E-state index in [1.165, 1.54) is 0 Å². The molecule has 19 heavy (non-hydrogen) atoms. The number of rotatable bonds is 4. The molecule has 0 amide bonds. The molecule has 0 bridgehead atoms. The van der Waals surface area contributed by atoms with Crippen molar-refractivity contribution in [1.29, 1.82) is 0 Å². The van der Waals surface area contributed by atoms with Gasteiger partial charge in [0.25, 0.3) is 5.56 Å². The number of hydrogen-bond acceptors (Lipinski definition) is 4. The number of anilines is 1. The molecule has 1 aromatic heterocycles. The van der Waals surface area contributed by atoms with Gasteiger partial charge in [-0.3, -0.25) is 9.36 Å². The predicted molar refractivity (Wildman–Crippen MR) is 82.3 cm³/mol. The molecule has 0 aliphatic rings. The Morgan fingerprint density at radius 1 is 1.42 bits per heavy atom. The average Bonchev–Trinajstić information content (AvgIpc) is 2.40. The molecule has 2 N–H and O–H groups in total. The Bertz CT molecular complexity index is 640. The van der Waals surface area contributed by atoms with Gasteiger partial charge in [-0.05, 0) is 41.6 Å². The molecule has 0 fully saturated rings. The zero-order valence-corrected chi connectivity index (χ0v) is 12.6. The predicted octanol–water partition coefficient (Wildman–Crippen LogP) is 1.82. The van der Waals surface area contributed by atoms with Crippen LogP contribution in [0.15, 0.2) is 35.3 Å². The van der Waals surface area contributed by atoms with Crippen LogP contribution in [0.5, 0.6) is 5.75 Å². The summed E-state index contributed by atoms with van der Waals surface area (Å²) in [5.41, 5.74) is 6.32. The number of halogens is 1. The van der Waals surface area contributed by atoms with Crippen molar-refractivity contribution in [1.82, 2.24) is 9.55 Å². The van der Waals surface area contributed by atoms with Crippen LogP contribution in [0.2, 0.25) is 0 Å². The van der Waals surface area contributed by atoms with Crippen molar-refractivity contribution in [3.05, 3.63) is 50.2 Å². The summed E-state index contributed by atoms with van der Waals surface area (Å²) < 4.78 is 7.77. The van der Waals surface area contributed by atoms with Gasteiger partial charge in [0.1, 0.15) is 18.2 Å². The molecule has 0 spiro atoms. The highest BCUT2D eigenvalue weighted by Crippen LogP contribution is 2.19. The number of ether oxygens (including phenoxy) is 1. The number of hydrogen-bond donors (Lipinski definition) is 1. The Kier molecular flexibility index (Phi) is 4.41. The summed E-state index contributed by atoms with van der Waals surface area (Å²) in [5, 5.41) is 0. The first-order valence-electron chi connectivity index (χ1n) is 5.79. The second-order valence-corrected chi connectivity index (χ2v) is 5.16. The molecule has 6 heteroatoms. The molecule has 1 heterocycles. The topological polar surface area (TPSA) is 70.1 Å². The van der Waals surface area contributed by atoms with E-state index in [-0.39, 0.29) is 5.56 Å². The van der Waals surface area contributed by atoms with Gasteiger partial charge < -0.3 is 10.5 Å². The third-order valence-corrected chi connectivity index (χ3v) is 3.44. The Morgan fingerprint density at radius 2 is 2.16 bits per heavy atom. The van der Waals surface area contributed by atoms with Crippen molar-refractivity contribution in [2.24, 2.45) is 0 Å². The quantitative estimate of drug-likeness (QED) is 0.658. The van der Waals surface area contributed by atoms with E-state index in [0.29, 0.717) is 34.0 Å². The fourth-order valence-electron chi connectivity index (χ4n) is 1.67. The van der Waals surface area contributed by atoms with E-state index < -0.39 is 0 Å². The number of nitrogen functional groups attached to an aromatic ring is 1. The summed E-state index contributed by atoms with van der Waals surface area (Å²) in [6.07, 6.45) is 1.57. The Balaban J connectivity index is 2.07. The van der Waals surface area contributed by atoms with Crippen molar-refractivity contribution < 1.29 is 4.74 Å². The first-order valence-corrected chi connectivity index (χ1v) is 6.86. The molecule has 0 saturated heterocycles. The molecule has 2 aromatic rings. The molecule has 2 rings (SSSR count). The minimum atomic E-state index is -0.0438. The molecule has 0 aliphatic carbocycles. The second-order valence-electron chi connectivity index (χ2n) is 4.00. The molecular formula is C13H14IN3O2. The SMILES string of the molecule is Cc1ncc(I)c(=O)n1CCOc1ccccc1N. The molecule has 0 radical (unpaired) electrons. The third kappa shape index (κ3) is 3.25. The van der Waals surface area contributed by atoms with E-state index in [0.717, 1.165) is 0 Å². The molecule has 0 aliphatic heterocycles. The lowest BCUT2D eigenvalue weighted by Gasteiger charge is -2.11.